The van der Waals surface area contributed by atoms with Crippen LogP contribution < -0.4 is 0 Å². The second kappa shape index (κ2) is 10.6. The molecule has 0 heterocycles. The van der Waals surface area contributed by atoms with Gasteiger partial charge in [0.05, 0.1) is 11.0 Å². The Morgan fingerprint density at radius 2 is 1.59 bits per heavy atom. The second-order valence-electron chi connectivity index (χ2n) is 9.03. The van der Waals surface area contributed by atoms with E-state index in [1.165, 1.54) is 36.8 Å². The standard InChI is InChI=1S/C23H39NO2S/c1-19(2)27(25,26)18-23-14-11-20(12-15-23)10-13-22-8-5-7-21(17-22)9-6-16-24(3)4/h5,7-8,17,19-20,23H,6,9-16,18H2,1-4H3. The van der Waals surface area contributed by atoms with Crippen LogP contribution >= 0.6 is 0 Å². The Balaban J connectivity index is 1.73. The average Bonchev–Trinajstić information content (AvgIpc) is 2.61. The summed E-state index contributed by atoms with van der Waals surface area (Å²) >= 11 is 0. The van der Waals surface area contributed by atoms with E-state index in [1.54, 1.807) is 13.8 Å². The van der Waals surface area contributed by atoms with Crippen LogP contribution in [0.2, 0.25) is 0 Å². The Labute approximate surface area is 167 Å². The van der Waals surface area contributed by atoms with Crippen molar-refractivity contribution in [1.29, 1.82) is 0 Å². The van der Waals surface area contributed by atoms with Crippen LogP contribution in [0, 0.1) is 11.8 Å². The number of rotatable bonds is 10. The van der Waals surface area contributed by atoms with Gasteiger partial charge in [-0.25, -0.2) is 8.42 Å². The van der Waals surface area contributed by atoms with Crippen molar-refractivity contribution in [3.63, 3.8) is 0 Å². The lowest BCUT2D eigenvalue weighted by Crippen LogP contribution is -2.26. The second-order valence-corrected chi connectivity index (χ2v) is 11.6. The molecule has 3 nitrogen and oxygen atoms in total. The molecule has 1 aliphatic carbocycles. The molecule has 0 spiro atoms. The molecule has 0 radical (unpaired) electrons. The molecule has 1 fully saturated rings. The van der Waals surface area contributed by atoms with Crippen molar-refractivity contribution in [3.8, 4) is 0 Å². The van der Waals surface area contributed by atoms with Gasteiger partial charge in [-0.05, 0) is 96.0 Å². The van der Waals surface area contributed by atoms with Crippen LogP contribution in [0.1, 0.15) is 63.5 Å². The van der Waals surface area contributed by atoms with Crippen molar-refractivity contribution >= 4 is 9.84 Å². The largest absolute Gasteiger partial charge is 0.309 e. The molecule has 154 valence electrons. The van der Waals surface area contributed by atoms with Gasteiger partial charge in [-0.2, -0.15) is 0 Å². The van der Waals surface area contributed by atoms with Crippen molar-refractivity contribution in [3.05, 3.63) is 35.4 Å². The van der Waals surface area contributed by atoms with Gasteiger partial charge in [-0.1, -0.05) is 37.1 Å². The number of nitrogens with zero attached hydrogens (tertiary/aromatic N) is 1. The molecule has 0 N–H and O–H groups in total. The van der Waals surface area contributed by atoms with E-state index >= 15 is 0 Å². The number of sulfone groups is 1. The number of hydrogen-bond donors (Lipinski definition) is 0. The maximum atomic E-state index is 12.1. The predicted molar refractivity (Wildman–Crippen MR) is 116 cm³/mol. The first kappa shape index (κ1) is 22.4. The molecule has 0 aromatic heterocycles. The summed E-state index contributed by atoms with van der Waals surface area (Å²) in [7, 11) is 1.37. The maximum Gasteiger partial charge on any atom is 0.152 e. The van der Waals surface area contributed by atoms with E-state index in [1.807, 2.05) is 0 Å². The molecule has 0 saturated heterocycles. The van der Waals surface area contributed by atoms with Crippen LogP contribution in [0.5, 0.6) is 0 Å². The molecule has 1 aliphatic rings. The van der Waals surface area contributed by atoms with E-state index in [-0.39, 0.29) is 5.25 Å². The fraction of sp³-hybridized carbons (Fsp3) is 0.739. The highest BCUT2D eigenvalue weighted by Gasteiger charge is 2.27. The third-order valence-electron chi connectivity index (χ3n) is 6.06. The Morgan fingerprint density at radius 1 is 1.00 bits per heavy atom. The normalized spacial score (nSPS) is 21.1. The molecule has 1 aromatic carbocycles. The highest BCUT2D eigenvalue weighted by molar-refractivity contribution is 7.91. The van der Waals surface area contributed by atoms with Crippen molar-refractivity contribution in [2.45, 2.75) is 70.5 Å². The molecule has 27 heavy (non-hydrogen) atoms. The third-order valence-corrected chi connectivity index (χ3v) is 8.43. The van der Waals surface area contributed by atoms with E-state index in [9.17, 15) is 8.42 Å². The van der Waals surface area contributed by atoms with Crippen LogP contribution in [-0.4, -0.2) is 45.0 Å². The molecule has 1 aromatic rings. The number of benzene rings is 1. The van der Waals surface area contributed by atoms with Crippen molar-refractivity contribution in [1.82, 2.24) is 4.90 Å². The molecule has 0 amide bonds. The van der Waals surface area contributed by atoms with Gasteiger partial charge in [0.25, 0.3) is 0 Å². The van der Waals surface area contributed by atoms with Gasteiger partial charge >= 0.3 is 0 Å². The fourth-order valence-electron chi connectivity index (χ4n) is 4.12. The zero-order valence-corrected chi connectivity index (χ0v) is 18.6. The lowest BCUT2D eigenvalue weighted by Gasteiger charge is -2.29. The zero-order chi connectivity index (χ0) is 19.9. The first-order valence-corrected chi connectivity index (χ1v) is 12.4. The Kier molecular flexibility index (Phi) is 8.81. The van der Waals surface area contributed by atoms with E-state index in [4.69, 9.17) is 0 Å². The molecule has 0 atom stereocenters. The van der Waals surface area contributed by atoms with Gasteiger partial charge in [0.15, 0.2) is 9.84 Å². The zero-order valence-electron chi connectivity index (χ0n) is 17.8. The van der Waals surface area contributed by atoms with Crippen LogP contribution in [0.3, 0.4) is 0 Å². The minimum Gasteiger partial charge on any atom is -0.309 e. The Hall–Kier alpha value is -0.870. The maximum absolute atomic E-state index is 12.1. The smallest absolute Gasteiger partial charge is 0.152 e. The summed E-state index contributed by atoms with van der Waals surface area (Å²) in [5.74, 6) is 1.54. The quantitative estimate of drug-likeness (QED) is 0.576. The highest BCUT2D eigenvalue weighted by Crippen LogP contribution is 2.33. The predicted octanol–water partition coefficient (Wildman–Crippen LogP) is 4.74. The third kappa shape index (κ3) is 7.95. The number of aryl methyl sites for hydroxylation is 2. The average molecular weight is 394 g/mol. The van der Waals surface area contributed by atoms with Gasteiger partial charge in [0.1, 0.15) is 0 Å². The summed E-state index contributed by atoms with van der Waals surface area (Å²) in [5.41, 5.74) is 2.92. The molecule has 4 heteroatoms. The lowest BCUT2D eigenvalue weighted by molar-refractivity contribution is 0.278. The molecular weight excluding hydrogens is 354 g/mol. The van der Waals surface area contributed by atoms with Gasteiger partial charge in [0, 0.05) is 0 Å². The lowest BCUT2D eigenvalue weighted by atomic mass is 9.80. The topological polar surface area (TPSA) is 37.4 Å². The molecule has 0 bridgehead atoms. The molecule has 0 unspecified atom stereocenters. The van der Waals surface area contributed by atoms with Gasteiger partial charge < -0.3 is 4.90 Å². The van der Waals surface area contributed by atoms with Crippen molar-refractivity contribution < 1.29 is 8.42 Å². The SMILES string of the molecule is CC(C)S(=O)(=O)CC1CCC(CCc2cccc(CCCN(C)C)c2)CC1. The van der Waals surface area contributed by atoms with E-state index in [0.717, 1.165) is 38.1 Å². The van der Waals surface area contributed by atoms with E-state index in [2.05, 4.69) is 43.3 Å². The van der Waals surface area contributed by atoms with Crippen molar-refractivity contribution in [2.24, 2.45) is 11.8 Å². The van der Waals surface area contributed by atoms with Gasteiger partial charge in [0.2, 0.25) is 0 Å². The Bertz CT molecular complexity index is 659. The van der Waals surface area contributed by atoms with Crippen LogP contribution in [-0.2, 0) is 22.7 Å². The fourth-order valence-corrected chi connectivity index (χ4v) is 5.49. The minimum atomic E-state index is -2.89. The summed E-state index contributed by atoms with van der Waals surface area (Å²) in [4.78, 5) is 2.24. The number of hydrogen-bond acceptors (Lipinski definition) is 3. The van der Waals surface area contributed by atoms with Gasteiger partial charge in [-0.15, -0.1) is 0 Å². The van der Waals surface area contributed by atoms with Crippen molar-refractivity contribution in [2.75, 3.05) is 26.4 Å². The summed E-state index contributed by atoms with van der Waals surface area (Å²) in [5, 5.41) is -0.236. The first-order chi connectivity index (χ1) is 12.8. The van der Waals surface area contributed by atoms with Crippen LogP contribution in [0.4, 0.5) is 0 Å². The van der Waals surface area contributed by atoms with E-state index < -0.39 is 9.84 Å². The Morgan fingerprint density at radius 3 is 2.19 bits per heavy atom. The van der Waals surface area contributed by atoms with Crippen LogP contribution in [0.15, 0.2) is 24.3 Å². The van der Waals surface area contributed by atoms with Gasteiger partial charge in [-0.3, -0.25) is 0 Å². The molecule has 2 rings (SSSR count). The summed E-state index contributed by atoms with van der Waals surface area (Å²) in [6, 6.07) is 9.10. The summed E-state index contributed by atoms with van der Waals surface area (Å²) < 4.78 is 24.3. The monoisotopic (exact) mass is 393 g/mol. The van der Waals surface area contributed by atoms with E-state index in [0.29, 0.717) is 11.7 Å². The molecular formula is C23H39NO2S. The molecule has 0 aliphatic heterocycles. The minimum absolute atomic E-state index is 0.236. The summed E-state index contributed by atoms with van der Waals surface area (Å²) in [6.45, 7) is 4.74. The summed E-state index contributed by atoms with van der Waals surface area (Å²) in [6.07, 6.45) is 9.32. The van der Waals surface area contributed by atoms with Crippen LogP contribution in [0.25, 0.3) is 0 Å². The highest BCUT2D eigenvalue weighted by atomic mass is 32.2. The first-order valence-electron chi connectivity index (χ1n) is 10.7. The molecule has 1 saturated carbocycles.